The predicted octanol–water partition coefficient (Wildman–Crippen LogP) is 6.22. The first-order valence-electron chi connectivity index (χ1n) is 14.2. The smallest absolute Gasteiger partial charge is 0.421 e. The quantitative estimate of drug-likeness (QED) is 0.135. The predicted molar refractivity (Wildman–Crippen MR) is 172 cm³/mol. The van der Waals surface area contributed by atoms with Crippen molar-refractivity contribution in [3.63, 3.8) is 0 Å². The van der Waals surface area contributed by atoms with Gasteiger partial charge in [0, 0.05) is 6.54 Å². The number of imide groups is 4. The summed E-state index contributed by atoms with van der Waals surface area (Å²) in [5.74, 6) is -0.616. The number of ether oxygens (including phenoxy) is 2. The highest BCUT2D eigenvalue weighted by Gasteiger charge is 2.39. The first-order valence-corrected chi connectivity index (χ1v) is 14.2. The number of hydrogen-bond donors (Lipinski definition) is 1. The molecule has 0 aliphatic rings. The van der Waals surface area contributed by atoms with Crippen LogP contribution in [0.4, 0.5) is 24.0 Å². The molecule has 1 N–H and O–H groups in total. The van der Waals surface area contributed by atoms with Crippen LogP contribution in [0.1, 0.15) is 61.8 Å². The van der Waals surface area contributed by atoms with E-state index in [2.05, 4.69) is 38.2 Å². The number of hydrogen-bond acceptors (Lipinski definition) is 8. The Balaban J connectivity index is 6.56. The Kier molecular flexibility index (Phi) is 16.3. The normalized spacial score (nSPS) is 10.5. The summed E-state index contributed by atoms with van der Waals surface area (Å²) in [6.45, 7) is 29.7. The first kappa shape index (κ1) is 40.3. The summed E-state index contributed by atoms with van der Waals surface area (Å²) in [6, 6.07) is -4.22. The number of carbonyl (C=O) groups excluding carboxylic acids is 6. The lowest BCUT2D eigenvalue weighted by atomic mass is 9.91. The van der Waals surface area contributed by atoms with Gasteiger partial charge in [0.15, 0.2) is 0 Å². The van der Waals surface area contributed by atoms with E-state index in [0.717, 1.165) is 4.90 Å². The van der Waals surface area contributed by atoms with Crippen molar-refractivity contribution in [1.82, 2.24) is 24.9 Å². The Labute approximate surface area is 266 Å². The number of rotatable bonds is 14. The van der Waals surface area contributed by atoms with Crippen LogP contribution in [0.15, 0.2) is 60.8 Å². The maximum atomic E-state index is 14.0. The summed E-state index contributed by atoms with van der Waals surface area (Å²) in [5.41, 5.74) is 1.26. The van der Waals surface area contributed by atoms with Crippen molar-refractivity contribution >= 4 is 36.2 Å². The lowest BCUT2D eigenvalue weighted by Gasteiger charge is -2.34. The van der Waals surface area contributed by atoms with Crippen molar-refractivity contribution in [3.05, 3.63) is 60.8 Å². The molecule has 0 spiro atoms. The van der Waals surface area contributed by atoms with Crippen molar-refractivity contribution < 1.29 is 38.2 Å². The molecule has 13 heteroatoms. The third-order valence-electron chi connectivity index (χ3n) is 5.91. The standard InChI is InChI=1S/C32H49N5O8/c1-14-32(12,13)26(38)44-20-45-31(43)37(19-25(10)11)30(42)36(18-24(8)9)29(41)35(17-23(6)7)28(40)34(16-22(4)5)27(39)33-15-21(2)3/h2,4,6,8,10,14-20H2,1,3,5,7,9,11-13H3,(H,33,39). The fourth-order valence-corrected chi connectivity index (χ4v) is 3.26. The van der Waals surface area contributed by atoms with Gasteiger partial charge in [-0.05, 0) is 54.9 Å². The fourth-order valence-electron chi connectivity index (χ4n) is 3.26. The Morgan fingerprint density at radius 1 is 0.600 bits per heavy atom. The van der Waals surface area contributed by atoms with E-state index in [-0.39, 0.29) is 26.2 Å². The zero-order chi connectivity index (χ0) is 35.2. The van der Waals surface area contributed by atoms with Crippen LogP contribution in [-0.4, -0.2) is 95.3 Å². The summed E-state index contributed by atoms with van der Waals surface area (Å²) < 4.78 is 10.1. The highest BCUT2D eigenvalue weighted by molar-refractivity contribution is 6.07. The summed E-state index contributed by atoms with van der Waals surface area (Å²) in [4.78, 5) is 82.6. The van der Waals surface area contributed by atoms with Gasteiger partial charge in [0.2, 0.25) is 6.79 Å². The van der Waals surface area contributed by atoms with Crippen molar-refractivity contribution in [2.45, 2.75) is 61.8 Å². The second-order valence-corrected chi connectivity index (χ2v) is 11.8. The molecule has 13 nitrogen and oxygen atoms in total. The Bertz CT molecular complexity index is 1240. The van der Waals surface area contributed by atoms with Crippen LogP contribution in [0.2, 0.25) is 0 Å². The van der Waals surface area contributed by atoms with Crippen LogP contribution >= 0.6 is 0 Å². The minimum atomic E-state index is -1.23. The topological polar surface area (TPSA) is 146 Å². The molecule has 250 valence electrons. The molecule has 0 fully saturated rings. The third kappa shape index (κ3) is 13.7. The van der Waals surface area contributed by atoms with E-state index < -0.39 is 54.9 Å². The number of urea groups is 4. The van der Waals surface area contributed by atoms with E-state index in [1.165, 1.54) is 13.8 Å². The van der Waals surface area contributed by atoms with Crippen LogP contribution in [0.5, 0.6) is 0 Å². The maximum absolute atomic E-state index is 14.0. The second-order valence-electron chi connectivity index (χ2n) is 11.8. The van der Waals surface area contributed by atoms with Gasteiger partial charge in [-0.25, -0.2) is 43.6 Å². The molecule has 0 rings (SSSR count). The summed E-state index contributed by atoms with van der Waals surface area (Å²) in [6.07, 6.45) is -0.762. The van der Waals surface area contributed by atoms with Gasteiger partial charge in [-0.2, -0.15) is 0 Å². The maximum Gasteiger partial charge on any atom is 0.421 e. The van der Waals surface area contributed by atoms with Gasteiger partial charge in [-0.1, -0.05) is 67.7 Å². The van der Waals surface area contributed by atoms with Crippen LogP contribution in [0, 0.1) is 5.41 Å². The van der Waals surface area contributed by atoms with Crippen molar-refractivity contribution in [3.8, 4) is 0 Å². The van der Waals surface area contributed by atoms with Gasteiger partial charge < -0.3 is 14.8 Å². The first-order chi connectivity index (χ1) is 20.7. The van der Waals surface area contributed by atoms with Crippen LogP contribution in [0.3, 0.4) is 0 Å². The molecule has 0 heterocycles. The molecule has 0 bridgehead atoms. The van der Waals surface area contributed by atoms with Gasteiger partial charge in [0.25, 0.3) is 0 Å². The molecule has 0 aromatic heterocycles. The molecule has 0 aliphatic carbocycles. The van der Waals surface area contributed by atoms with E-state index in [9.17, 15) is 28.8 Å². The van der Waals surface area contributed by atoms with E-state index in [0.29, 0.717) is 49.0 Å². The van der Waals surface area contributed by atoms with Crippen LogP contribution in [0.25, 0.3) is 0 Å². The molecule has 0 radical (unpaired) electrons. The summed E-state index contributed by atoms with van der Waals surface area (Å²) >= 11 is 0. The third-order valence-corrected chi connectivity index (χ3v) is 5.91. The van der Waals surface area contributed by atoms with Gasteiger partial charge in [-0.3, -0.25) is 4.79 Å². The van der Waals surface area contributed by atoms with Crippen LogP contribution in [-0.2, 0) is 14.3 Å². The molecule has 0 aromatic carbocycles. The van der Waals surface area contributed by atoms with Crippen LogP contribution < -0.4 is 5.32 Å². The lowest BCUT2D eigenvalue weighted by molar-refractivity contribution is -0.162. The molecule has 0 aliphatic heterocycles. The molecular formula is C32H49N5O8. The van der Waals surface area contributed by atoms with Crippen molar-refractivity contribution in [2.75, 3.05) is 39.5 Å². The molecule has 45 heavy (non-hydrogen) atoms. The Hall–Kier alpha value is -4.68. The Morgan fingerprint density at radius 3 is 1.38 bits per heavy atom. The molecule has 0 saturated carbocycles. The molecule has 0 saturated heterocycles. The second kappa shape index (κ2) is 18.2. The average molecular weight is 632 g/mol. The average Bonchev–Trinajstić information content (AvgIpc) is 2.93. The highest BCUT2D eigenvalue weighted by Crippen LogP contribution is 2.21. The van der Waals surface area contributed by atoms with Gasteiger partial charge in [0.1, 0.15) is 0 Å². The molecule has 0 unspecified atom stereocenters. The van der Waals surface area contributed by atoms with Crippen molar-refractivity contribution in [2.24, 2.45) is 5.41 Å². The molecule has 0 atom stereocenters. The lowest BCUT2D eigenvalue weighted by Crippen LogP contribution is -2.59. The van der Waals surface area contributed by atoms with E-state index in [1.54, 1.807) is 41.5 Å². The van der Waals surface area contributed by atoms with Gasteiger partial charge in [0.05, 0.1) is 31.6 Å². The number of nitrogens with zero attached hydrogens (tertiary/aromatic N) is 4. The van der Waals surface area contributed by atoms with E-state index >= 15 is 0 Å². The monoisotopic (exact) mass is 631 g/mol. The number of esters is 1. The van der Waals surface area contributed by atoms with Gasteiger partial charge in [-0.15, -0.1) is 0 Å². The van der Waals surface area contributed by atoms with Gasteiger partial charge >= 0.3 is 36.2 Å². The molecule has 0 aromatic rings. The zero-order valence-electron chi connectivity index (χ0n) is 28.0. The molecule has 9 amide bonds. The highest BCUT2D eigenvalue weighted by atomic mass is 16.7. The summed E-state index contributed by atoms with van der Waals surface area (Å²) in [7, 11) is 0. The molecular weight excluding hydrogens is 582 g/mol. The SMILES string of the molecule is C=C(C)CNC(=O)N(CC(=C)C)C(=O)N(CC(=C)C)C(=O)N(CC(=C)C)C(=O)N(CC(=C)C)C(=O)OCOC(=O)C(C)(C)CC. The van der Waals surface area contributed by atoms with E-state index in [1.807, 2.05) is 0 Å². The largest absolute Gasteiger partial charge is 0.427 e. The fraction of sp³-hybridized carbons (Fsp3) is 0.500. The Morgan fingerprint density at radius 2 is 0.978 bits per heavy atom. The number of carbonyl (C=O) groups is 6. The minimum absolute atomic E-state index is 0.0662. The van der Waals surface area contributed by atoms with Crippen molar-refractivity contribution in [1.29, 1.82) is 0 Å². The number of nitrogens with one attached hydrogen (secondary N) is 1. The summed E-state index contributed by atoms with van der Waals surface area (Å²) in [5, 5.41) is 2.55. The zero-order valence-corrected chi connectivity index (χ0v) is 28.0. The number of amides is 9. The minimum Gasteiger partial charge on any atom is -0.427 e. The van der Waals surface area contributed by atoms with E-state index in [4.69, 9.17) is 9.47 Å².